The van der Waals surface area contributed by atoms with E-state index in [1.807, 2.05) is 97.1 Å². The van der Waals surface area contributed by atoms with E-state index < -0.39 is 11.3 Å². The molecule has 8 aromatic rings. The molecule has 0 aliphatic rings. The summed E-state index contributed by atoms with van der Waals surface area (Å²) >= 11 is 0. The lowest BCUT2D eigenvalue weighted by atomic mass is 10.0. The highest BCUT2D eigenvalue weighted by molar-refractivity contribution is 5.88. The van der Waals surface area contributed by atoms with Crippen LogP contribution in [0.1, 0.15) is 27.7 Å². The van der Waals surface area contributed by atoms with E-state index in [-0.39, 0.29) is 0 Å². The molecule has 8 rings (SSSR count). The fourth-order valence-electron chi connectivity index (χ4n) is 6.97. The van der Waals surface area contributed by atoms with Crippen LogP contribution in [0.3, 0.4) is 0 Å². The lowest BCUT2D eigenvalue weighted by molar-refractivity contribution is 0.563. The average Bonchev–Trinajstić information content (AvgIpc) is 3.76. The minimum Gasteiger partial charge on any atom is -0.453 e. The Labute approximate surface area is 300 Å². The summed E-state index contributed by atoms with van der Waals surface area (Å²) in [6.07, 6.45) is 0. The fraction of sp³-hybridized carbons (Fsp3) is 0.182. The summed E-state index contributed by atoms with van der Waals surface area (Å²) in [5, 5.41) is 1.71. The standard InChI is InChI=1S/C44H38N2O6/c1-5-45(6-2)33-17-15-31-21-35(43(47)51-37(31)23-33)27-11-9-13-29(19-27)39-25-41-42(49-39)26-40(50-41)30-14-10-12-28(20-30)36-22-32-16-18-34(46(7-3)8-4)24-38(32)52-44(36)48/h9-26H,5-8H2,1-4H3. The van der Waals surface area contributed by atoms with Gasteiger partial charge in [0.15, 0.2) is 11.2 Å². The Morgan fingerprint density at radius 2 is 0.827 bits per heavy atom. The van der Waals surface area contributed by atoms with Crippen molar-refractivity contribution in [1.82, 2.24) is 0 Å². The summed E-state index contributed by atoms with van der Waals surface area (Å²) < 4.78 is 24.1. The number of benzene rings is 4. The van der Waals surface area contributed by atoms with E-state index in [2.05, 4.69) is 49.6 Å². The Morgan fingerprint density at radius 1 is 0.423 bits per heavy atom. The van der Waals surface area contributed by atoms with Gasteiger partial charge < -0.3 is 27.5 Å². The van der Waals surface area contributed by atoms with Crippen LogP contribution in [0.4, 0.5) is 11.4 Å². The second-order valence-corrected chi connectivity index (χ2v) is 12.8. The van der Waals surface area contributed by atoms with Gasteiger partial charge in [-0.1, -0.05) is 36.4 Å². The Balaban J connectivity index is 1.07. The van der Waals surface area contributed by atoms with Crippen molar-refractivity contribution in [2.75, 3.05) is 36.0 Å². The smallest absolute Gasteiger partial charge is 0.344 e. The second-order valence-electron chi connectivity index (χ2n) is 12.8. The van der Waals surface area contributed by atoms with Gasteiger partial charge in [-0.3, -0.25) is 0 Å². The Morgan fingerprint density at radius 3 is 1.23 bits per heavy atom. The van der Waals surface area contributed by atoms with Gasteiger partial charge in [0, 0.05) is 83.7 Å². The molecule has 4 aromatic carbocycles. The van der Waals surface area contributed by atoms with E-state index in [0.717, 1.165) is 70.6 Å². The van der Waals surface area contributed by atoms with E-state index >= 15 is 0 Å². The first-order chi connectivity index (χ1) is 25.3. The van der Waals surface area contributed by atoms with Crippen LogP contribution in [0.5, 0.6) is 0 Å². The molecule has 0 N–H and O–H groups in total. The summed E-state index contributed by atoms with van der Waals surface area (Å²) in [6.45, 7) is 11.9. The molecule has 0 atom stereocenters. The number of anilines is 2. The molecule has 0 fully saturated rings. The Bertz CT molecular complexity index is 2490. The minimum absolute atomic E-state index is 0.396. The normalized spacial score (nSPS) is 11.5. The lowest BCUT2D eigenvalue weighted by Crippen LogP contribution is -2.21. The van der Waals surface area contributed by atoms with Crippen LogP contribution in [0.25, 0.3) is 78.0 Å². The van der Waals surface area contributed by atoms with Crippen molar-refractivity contribution in [2.24, 2.45) is 0 Å². The summed E-state index contributed by atoms with van der Waals surface area (Å²) in [4.78, 5) is 30.8. The first-order valence-corrected chi connectivity index (χ1v) is 17.8. The van der Waals surface area contributed by atoms with Crippen molar-refractivity contribution >= 4 is 44.5 Å². The maximum atomic E-state index is 13.2. The zero-order chi connectivity index (χ0) is 35.9. The minimum atomic E-state index is -0.396. The molecule has 0 spiro atoms. The van der Waals surface area contributed by atoms with E-state index in [4.69, 9.17) is 17.7 Å². The predicted octanol–water partition coefficient (Wildman–Crippen LogP) is 10.6. The van der Waals surface area contributed by atoms with Gasteiger partial charge in [-0.25, -0.2) is 9.59 Å². The molecule has 0 saturated heterocycles. The van der Waals surface area contributed by atoms with Crippen molar-refractivity contribution in [2.45, 2.75) is 27.7 Å². The molecule has 0 unspecified atom stereocenters. The molecular weight excluding hydrogens is 652 g/mol. The van der Waals surface area contributed by atoms with Gasteiger partial charge in [0.2, 0.25) is 0 Å². The summed E-state index contributed by atoms with van der Waals surface area (Å²) in [5.41, 5.74) is 7.58. The number of fused-ring (bicyclic) bond motifs is 3. The van der Waals surface area contributed by atoms with Gasteiger partial charge in [0.1, 0.15) is 22.7 Å². The lowest BCUT2D eigenvalue weighted by Gasteiger charge is -2.21. The van der Waals surface area contributed by atoms with Crippen LogP contribution in [0.15, 0.2) is 136 Å². The van der Waals surface area contributed by atoms with Crippen molar-refractivity contribution in [3.8, 4) is 44.9 Å². The largest absolute Gasteiger partial charge is 0.453 e. The SMILES string of the molecule is CCN(CC)c1ccc2cc(-c3cccc(-c4cc5oc(-c6cccc(-c7cc8ccc(N(CC)CC)cc8oc7=O)c6)cc5o4)c3)c(=O)oc2c1. The third-order valence-corrected chi connectivity index (χ3v) is 9.82. The number of furan rings is 2. The van der Waals surface area contributed by atoms with Gasteiger partial charge in [-0.2, -0.15) is 0 Å². The third kappa shape index (κ3) is 5.96. The van der Waals surface area contributed by atoms with Crippen LogP contribution >= 0.6 is 0 Å². The third-order valence-electron chi connectivity index (χ3n) is 9.82. The molecule has 52 heavy (non-hydrogen) atoms. The highest BCUT2D eigenvalue weighted by Gasteiger charge is 2.17. The molecule has 4 heterocycles. The average molecular weight is 691 g/mol. The summed E-state index contributed by atoms with van der Waals surface area (Å²) in [5.74, 6) is 1.23. The van der Waals surface area contributed by atoms with Crippen molar-refractivity contribution in [3.05, 3.63) is 130 Å². The molecule has 0 aliphatic heterocycles. The zero-order valence-corrected chi connectivity index (χ0v) is 29.6. The molecule has 0 bridgehead atoms. The molecule has 8 heteroatoms. The van der Waals surface area contributed by atoms with Crippen molar-refractivity contribution in [1.29, 1.82) is 0 Å². The Hall–Kier alpha value is -6.28. The topological polar surface area (TPSA) is 93.2 Å². The van der Waals surface area contributed by atoms with Crippen LogP contribution in [-0.2, 0) is 0 Å². The van der Waals surface area contributed by atoms with E-state index in [0.29, 0.717) is 45.0 Å². The monoisotopic (exact) mass is 690 g/mol. The van der Waals surface area contributed by atoms with Gasteiger partial charge in [0.25, 0.3) is 0 Å². The highest BCUT2D eigenvalue weighted by atomic mass is 16.4. The molecule has 8 nitrogen and oxygen atoms in total. The van der Waals surface area contributed by atoms with Gasteiger partial charge in [-0.05, 0) is 87.4 Å². The van der Waals surface area contributed by atoms with Gasteiger partial charge in [0.05, 0.1) is 11.1 Å². The summed E-state index contributed by atoms with van der Waals surface area (Å²) in [7, 11) is 0. The van der Waals surface area contributed by atoms with Crippen LogP contribution in [-0.4, -0.2) is 26.2 Å². The van der Waals surface area contributed by atoms with Crippen LogP contribution in [0.2, 0.25) is 0 Å². The first kappa shape index (κ1) is 32.9. The number of hydrogen-bond acceptors (Lipinski definition) is 8. The van der Waals surface area contributed by atoms with Crippen molar-refractivity contribution < 1.29 is 17.7 Å². The maximum Gasteiger partial charge on any atom is 0.344 e. The predicted molar refractivity (Wildman–Crippen MR) is 209 cm³/mol. The highest BCUT2D eigenvalue weighted by Crippen LogP contribution is 2.36. The molecule has 4 aromatic heterocycles. The molecular formula is C44H38N2O6. The quantitative estimate of drug-likeness (QED) is 0.131. The molecule has 0 amide bonds. The van der Waals surface area contributed by atoms with E-state index in [9.17, 15) is 9.59 Å². The van der Waals surface area contributed by atoms with E-state index in [1.165, 1.54) is 0 Å². The van der Waals surface area contributed by atoms with Crippen LogP contribution in [0, 0.1) is 0 Å². The Kier molecular flexibility index (Phi) is 8.51. The number of nitrogens with zero attached hydrogens (tertiary/aromatic N) is 2. The summed E-state index contributed by atoms with van der Waals surface area (Å²) in [6, 6.07) is 34.7. The zero-order valence-electron chi connectivity index (χ0n) is 29.6. The first-order valence-electron chi connectivity index (χ1n) is 17.8. The number of rotatable bonds is 10. The van der Waals surface area contributed by atoms with E-state index in [1.54, 1.807) is 0 Å². The molecule has 260 valence electrons. The molecule has 0 aliphatic carbocycles. The second kappa shape index (κ2) is 13.5. The fourth-order valence-corrected chi connectivity index (χ4v) is 6.97. The van der Waals surface area contributed by atoms with Gasteiger partial charge in [-0.15, -0.1) is 0 Å². The van der Waals surface area contributed by atoms with Gasteiger partial charge >= 0.3 is 11.3 Å². The molecule has 0 radical (unpaired) electrons. The number of hydrogen-bond donors (Lipinski definition) is 0. The molecule has 0 saturated carbocycles. The van der Waals surface area contributed by atoms with Crippen molar-refractivity contribution in [3.63, 3.8) is 0 Å². The van der Waals surface area contributed by atoms with Crippen LogP contribution < -0.4 is 21.1 Å². The maximum absolute atomic E-state index is 13.2.